The number of aryl methyl sites for hydroxylation is 1. The summed E-state index contributed by atoms with van der Waals surface area (Å²) in [7, 11) is 0. The molecule has 0 aliphatic heterocycles. The summed E-state index contributed by atoms with van der Waals surface area (Å²) in [5, 5.41) is 0. The number of hydrogen-bond acceptors (Lipinski definition) is 1. The third-order valence-corrected chi connectivity index (χ3v) is 3.70. The van der Waals surface area contributed by atoms with Gasteiger partial charge in [0, 0.05) is 12.3 Å². The molecule has 0 fully saturated rings. The first-order valence-corrected chi connectivity index (χ1v) is 7.06. The van der Waals surface area contributed by atoms with Crippen LogP contribution >= 0.6 is 0 Å². The lowest BCUT2D eigenvalue weighted by Crippen LogP contribution is -2.05. The maximum absolute atomic E-state index is 11.8. The molecule has 1 aliphatic carbocycles. The molecule has 0 N–H and O–H groups in total. The Hall–Kier alpha value is -1.37. The average Bonchev–Trinajstić information content (AvgIpc) is 2.76. The standard InChI is InChI=1S/C17H22O/c1-2-3-9-16-12-15(13-17(16)18)11-10-14-7-5-4-6-8-14/h4-8,12,16H,2-3,9-11,13H2,1H3. The van der Waals surface area contributed by atoms with Crippen LogP contribution < -0.4 is 0 Å². The van der Waals surface area contributed by atoms with E-state index < -0.39 is 0 Å². The lowest BCUT2D eigenvalue weighted by Gasteiger charge is -2.02. The lowest BCUT2D eigenvalue weighted by atomic mass is 10.0. The highest BCUT2D eigenvalue weighted by Crippen LogP contribution is 2.27. The number of carbonyl (C=O) groups is 1. The normalized spacial score (nSPS) is 19.1. The Labute approximate surface area is 110 Å². The Morgan fingerprint density at radius 1 is 1.17 bits per heavy atom. The SMILES string of the molecule is CCCCC1C=C(CCc2ccccc2)CC1=O. The van der Waals surface area contributed by atoms with Crippen molar-refractivity contribution in [2.24, 2.45) is 5.92 Å². The first-order chi connectivity index (χ1) is 8.79. The van der Waals surface area contributed by atoms with Crippen molar-refractivity contribution in [3.8, 4) is 0 Å². The van der Waals surface area contributed by atoms with Crippen LogP contribution in [0.4, 0.5) is 0 Å². The van der Waals surface area contributed by atoms with E-state index in [1.807, 2.05) is 6.07 Å². The number of unbranched alkanes of at least 4 members (excludes halogenated alkanes) is 1. The first-order valence-electron chi connectivity index (χ1n) is 7.06. The minimum Gasteiger partial charge on any atom is -0.299 e. The van der Waals surface area contributed by atoms with Crippen LogP contribution in [0.5, 0.6) is 0 Å². The van der Waals surface area contributed by atoms with E-state index >= 15 is 0 Å². The van der Waals surface area contributed by atoms with E-state index in [1.165, 1.54) is 24.0 Å². The zero-order valence-electron chi connectivity index (χ0n) is 11.2. The van der Waals surface area contributed by atoms with Gasteiger partial charge in [-0.25, -0.2) is 0 Å². The second-order valence-corrected chi connectivity index (χ2v) is 5.20. The van der Waals surface area contributed by atoms with Crippen LogP contribution in [0.25, 0.3) is 0 Å². The molecule has 1 aliphatic rings. The van der Waals surface area contributed by atoms with Crippen molar-refractivity contribution < 1.29 is 4.79 Å². The summed E-state index contributed by atoms with van der Waals surface area (Å²) in [5.41, 5.74) is 2.72. The Morgan fingerprint density at radius 2 is 1.94 bits per heavy atom. The summed E-state index contributed by atoms with van der Waals surface area (Å²) in [6, 6.07) is 10.5. The minimum atomic E-state index is 0.218. The molecule has 1 unspecified atom stereocenters. The molecule has 18 heavy (non-hydrogen) atoms. The maximum atomic E-state index is 11.8. The fourth-order valence-electron chi connectivity index (χ4n) is 2.58. The quantitative estimate of drug-likeness (QED) is 0.679. The molecule has 1 nitrogen and oxygen atoms in total. The van der Waals surface area contributed by atoms with E-state index in [0.29, 0.717) is 12.2 Å². The minimum absolute atomic E-state index is 0.218. The van der Waals surface area contributed by atoms with Gasteiger partial charge in [0.15, 0.2) is 0 Å². The van der Waals surface area contributed by atoms with Crippen LogP contribution in [-0.2, 0) is 11.2 Å². The second-order valence-electron chi connectivity index (χ2n) is 5.20. The summed E-state index contributed by atoms with van der Waals surface area (Å²) in [4.78, 5) is 11.8. The number of carbonyl (C=O) groups excluding carboxylic acids is 1. The van der Waals surface area contributed by atoms with Gasteiger partial charge >= 0.3 is 0 Å². The molecule has 0 saturated carbocycles. The van der Waals surface area contributed by atoms with E-state index in [1.54, 1.807) is 0 Å². The van der Waals surface area contributed by atoms with Crippen molar-refractivity contribution >= 4 is 5.78 Å². The topological polar surface area (TPSA) is 17.1 Å². The van der Waals surface area contributed by atoms with Crippen LogP contribution in [0.15, 0.2) is 42.0 Å². The number of Topliss-reactive ketones (excluding diaryl/α,β-unsaturated/α-hetero) is 1. The zero-order chi connectivity index (χ0) is 12.8. The fourth-order valence-corrected chi connectivity index (χ4v) is 2.58. The third-order valence-electron chi connectivity index (χ3n) is 3.70. The summed E-state index contributed by atoms with van der Waals surface area (Å²) >= 11 is 0. The smallest absolute Gasteiger partial charge is 0.143 e. The Morgan fingerprint density at radius 3 is 2.67 bits per heavy atom. The Bertz CT molecular complexity index is 416. The zero-order valence-corrected chi connectivity index (χ0v) is 11.2. The molecule has 0 radical (unpaired) electrons. The predicted molar refractivity (Wildman–Crippen MR) is 75.5 cm³/mol. The van der Waals surface area contributed by atoms with Crippen molar-refractivity contribution in [1.29, 1.82) is 0 Å². The van der Waals surface area contributed by atoms with Crippen molar-refractivity contribution in [3.63, 3.8) is 0 Å². The van der Waals surface area contributed by atoms with E-state index in [4.69, 9.17) is 0 Å². The van der Waals surface area contributed by atoms with Gasteiger partial charge in [0.1, 0.15) is 5.78 Å². The Balaban J connectivity index is 1.85. The van der Waals surface area contributed by atoms with Crippen LogP contribution in [0.1, 0.15) is 44.6 Å². The van der Waals surface area contributed by atoms with Gasteiger partial charge in [-0.1, -0.05) is 61.7 Å². The first kappa shape index (κ1) is 13.1. The van der Waals surface area contributed by atoms with E-state index in [9.17, 15) is 4.79 Å². The fraction of sp³-hybridized carbons (Fsp3) is 0.471. The number of allylic oxidation sites excluding steroid dienone is 2. The summed E-state index contributed by atoms with van der Waals surface area (Å²) in [5.74, 6) is 0.655. The summed E-state index contributed by atoms with van der Waals surface area (Å²) < 4.78 is 0. The molecule has 0 saturated heterocycles. The molecule has 0 bridgehead atoms. The largest absolute Gasteiger partial charge is 0.299 e. The monoisotopic (exact) mass is 242 g/mol. The molecular formula is C17H22O. The van der Waals surface area contributed by atoms with E-state index in [0.717, 1.165) is 19.3 Å². The predicted octanol–water partition coefficient (Wildman–Crippen LogP) is 4.32. The number of rotatable bonds is 6. The molecule has 0 heterocycles. The van der Waals surface area contributed by atoms with Crippen LogP contribution in [0, 0.1) is 5.92 Å². The van der Waals surface area contributed by atoms with Gasteiger partial charge in [0.2, 0.25) is 0 Å². The van der Waals surface area contributed by atoms with Crippen LogP contribution in [0.3, 0.4) is 0 Å². The van der Waals surface area contributed by atoms with E-state index in [2.05, 4.69) is 37.3 Å². The number of ketones is 1. The van der Waals surface area contributed by atoms with Gasteiger partial charge in [-0.05, 0) is 24.8 Å². The molecule has 1 heteroatoms. The van der Waals surface area contributed by atoms with Gasteiger partial charge in [-0.15, -0.1) is 0 Å². The van der Waals surface area contributed by atoms with Gasteiger partial charge in [0.25, 0.3) is 0 Å². The molecule has 1 aromatic carbocycles. The molecule has 1 aromatic rings. The molecule has 0 spiro atoms. The second kappa shape index (κ2) is 6.53. The molecule has 0 aromatic heterocycles. The van der Waals surface area contributed by atoms with Crippen molar-refractivity contribution in [2.45, 2.75) is 45.4 Å². The highest BCUT2D eigenvalue weighted by molar-refractivity contribution is 5.88. The summed E-state index contributed by atoms with van der Waals surface area (Å²) in [6.07, 6.45) is 8.42. The van der Waals surface area contributed by atoms with Crippen molar-refractivity contribution in [1.82, 2.24) is 0 Å². The maximum Gasteiger partial charge on any atom is 0.143 e. The molecule has 96 valence electrons. The summed E-state index contributed by atoms with van der Waals surface area (Å²) in [6.45, 7) is 2.18. The number of hydrogen-bond donors (Lipinski definition) is 0. The van der Waals surface area contributed by atoms with Gasteiger partial charge in [-0.2, -0.15) is 0 Å². The number of benzene rings is 1. The van der Waals surface area contributed by atoms with E-state index in [-0.39, 0.29) is 5.92 Å². The van der Waals surface area contributed by atoms with Gasteiger partial charge in [0.05, 0.1) is 0 Å². The van der Waals surface area contributed by atoms with Crippen molar-refractivity contribution in [2.75, 3.05) is 0 Å². The van der Waals surface area contributed by atoms with Crippen molar-refractivity contribution in [3.05, 3.63) is 47.5 Å². The highest BCUT2D eigenvalue weighted by atomic mass is 16.1. The van der Waals surface area contributed by atoms with Crippen LogP contribution in [0.2, 0.25) is 0 Å². The van der Waals surface area contributed by atoms with Crippen LogP contribution in [-0.4, -0.2) is 5.78 Å². The highest BCUT2D eigenvalue weighted by Gasteiger charge is 2.23. The molecule has 2 rings (SSSR count). The molecular weight excluding hydrogens is 220 g/mol. The van der Waals surface area contributed by atoms with Gasteiger partial charge in [-0.3, -0.25) is 4.79 Å². The third kappa shape index (κ3) is 3.56. The lowest BCUT2D eigenvalue weighted by molar-refractivity contribution is -0.120. The van der Waals surface area contributed by atoms with Gasteiger partial charge < -0.3 is 0 Å². The average molecular weight is 242 g/mol. The Kier molecular flexibility index (Phi) is 4.74. The molecule has 1 atom stereocenters. The molecule has 0 amide bonds.